The minimum absolute atomic E-state index is 0.000451. The van der Waals surface area contributed by atoms with Crippen LogP contribution in [0, 0.1) is 12.7 Å². The number of sulfonamides is 1. The summed E-state index contributed by atoms with van der Waals surface area (Å²) in [4.78, 5) is 15.6. The number of hydrogen-bond donors (Lipinski definition) is 2. The molecule has 1 aromatic carbocycles. The van der Waals surface area contributed by atoms with Crippen LogP contribution in [0.25, 0.3) is 0 Å². The van der Waals surface area contributed by atoms with Crippen molar-refractivity contribution in [2.24, 2.45) is 0 Å². The Labute approximate surface area is 150 Å². The largest absolute Gasteiger partial charge is 0.355 e. The molecule has 0 saturated carbocycles. The van der Waals surface area contributed by atoms with Crippen molar-refractivity contribution in [3.8, 4) is 0 Å². The molecule has 0 spiro atoms. The van der Waals surface area contributed by atoms with Crippen molar-refractivity contribution >= 4 is 27.5 Å². The molecule has 0 aliphatic heterocycles. The lowest BCUT2D eigenvalue weighted by molar-refractivity contribution is -0.120. The molecule has 134 valence electrons. The third-order valence-electron chi connectivity index (χ3n) is 3.29. The molecular formula is C16H17ClFN3O3S. The standard InChI is InChI=1S/C16H17ClFN3O3S/c1-11-7-14(10-20-16(11)17)25(23,24)21-6-5-19-15(22)9-12-3-2-4-13(18)8-12/h2-4,7-8,10,21H,5-6,9H2,1H3,(H,19,22). The van der Waals surface area contributed by atoms with Crippen LogP contribution in [0.4, 0.5) is 4.39 Å². The molecule has 9 heteroatoms. The average Bonchev–Trinajstić information content (AvgIpc) is 2.54. The number of carbonyl (C=O) groups is 1. The molecule has 2 rings (SSSR count). The maximum Gasteiger partial charge on any atom is 0.242 e. The lowest BCUT2D eigenvalue weighted by atomic mass is 10.1. The van der Waals surface area contributed by atoms with E-state index in [2.05, 4.69) is 15.0 Å². The van der Waals surface area contributed by atoms with Crippen molar-refractivity contribution in [1.82, 2.24) is 15.0 Å². The maximum absolute atomic E-state index is 13.0. The first-order valence-electron chi connectivity index (χ1n) is 7.41. The number of hydrogen-bond acceptors (Lipinski definition) is 4. The van der Waals surface area contributed by atoms with Gasteiger partial charge < -0.3 is 5.32 Å². The van der Waals surface area contributed by atoms with Crippen LogP contribution < -0.4 is 10.0 Å². The predicted molar refractivity (Wildman–Crippen MR) is 92.3 cm³/mol. The van der Waals surface area contributed by atoms with E-state index in [4.69, 9.17) is 11.6 Å². The van der Waals surface area contributed by atoms with Crippen LogP contribution in [0.15, 0.2) is 41.4 Å². The summed E-state index contributed by atoms with van der Waals surface area (Å²) in [6.45, 7) is 1.77. The number of nitrogens with one attached hydrogen (secondary N) is 2. The van der Waals surface area contributed by atoms with Gasteiger partial charge in [0.2, 0.25) is 15.9 Å². The fourth-order valence-corrected chi connectivity index (χ4v) is 3.21. The second-order valence-electron chi connectivity index (χ2n) is 5.33. The zero-order valence-electron chi connectivity index (χ0n) is 13.4. The number of rotatable bonds is 7. The molecular weight excluding hydrogens is 369 g/mol. The lowest BCUT2D eigenvalue weighted by Gasteiger charge is -2.09. The number of halogens is 2. The Bertz CT molecular complexity index is 875. The monoisotopic (exact) mass is 385 g/mol. The van der Waals surface area contributed by atoms with Crippen LogP contribution in [0.1, 0.15) is 11.1 Å². The summed E-state index contributed by atoms with van der Waals surface area (Å²) in [7, 11) is -3.73. The van der Waals surface area contributed by atoms with Gasteiger partial charge in [-0.3, -0.25) is 4.79 Å². The van der Waals surface area contributed by atoms with Crippen molar-refractivity contribution in [3.05, 3.63) is 58.6 Å². The Morgan fingerprint density at radius 2 is 2.04 bits per heavy atom. The fourth-order valence-electron chi connectivity index (χ4n) is 2.04. The third kappa shape index (κ3) is 5.77. The number of amides is 1. The molecule has 0 radical (unpaired) electrons. The zero-order chi connectivity index (χ0) is 18.4. The molecule has 0 unspecified atom stereocenters. The van der Waals surface area contributed by atoms with E-state index in [1.807, 2.05) is 0 Å². The normalized spacial score (nSPS) is 11.3. The Balaban J connectivity index is 1.81. The molecule has 1 heterocycles. The summed E-state index contributed by atoms with van der Waals surface area (Å²) in [5, 5.41) is 2.81. The van der Waals surface area contributed by atoms with Crippen molar-refractivity contribution < 1.29 is 17.6 Å². The summed E-state index contributed by atoms with van der Waals surface area (Å²) < 4.78 is 39.7. The molecule has 2 N–H and O–H groups in total. The van der Waals surface area contributed by atoms with Crippen molar-refractivity contribution in [2.75, 3.05) is 13.1 Å². The van der Waals surface area contributed by atoms with Gasteiger partial charge in [0.15, 0.2) is 0 Å². The minimum Gasteiger partial charge on any atom is -0.355 e. The number of aryl methyl sites for hydroxylation is 1. The van der Waals surface area contributed by atoms with E-state index in [-0.39, 0.29) is 35.5 Å². The highest BCUT2D eigenvalue weighted by Gasteiger charge is 2.15. The van der Waals surface area contributed by atoms with Gasteiger partial charge in [-0.1, -0.05) is 23.7 Å². The molecule has 1 aromatic heterocycles. The molecule has 0 atom stereocenters. The Hall–Kier alpha value is -2.03. The minimum atomic E-state index is -3.73. The van der Waals surface area contributed by atoms with Gasteiger partial charge in [0.05, 0.1) is 6.42 Å². The smallest absolute Gasteiger partial charge is 0.242 e. The van der Waals surface area contributed by atoms with Gasteiger partial charge >= 0.3 is 0 Å². The highest BCUT2D eigenvalue weighted by Crippen LogP contribution is 2.15. The van der Waals surface area contributed by atoms with Crippen molar-refractivity contribution in [1.29, 1.82) is 0 Å². The second-order valence-corrected chi connectivity index (χ2v) is 7.46. The first kappa shape index (κ1) is 19.3. The quantitative estimate of drug-likeness (QED) is 0.562. The van der Waals surface area contributed by atoms with E-state index in [1.165, 1.54) is 30.5 Å². The molecule has 0 bridgehead atoms. The van der Waals surface area contributed by atoms with Crippen molar-refractivity contribution in [2.45, 2.75) is 18.2 Å². The lowest BCUT2D eigenvalue weighted by Crippen LogP contribution is -2.35. The molecule has 6 nitrogen and oxygen atoms in total. The van der Waals surface area contributed by atoms with Crippen LogP contribution in [0.3, 0.4) is 0 Å². The predicted octanol–water partition coefficient (Wildman–Crippen LogP) is 1.82. The molecule has 1 amide bonds. The van der Waals surface area contributed by atoms with E-state index >= 15 is 0 Å². The molecule has 0 saturated heterocycles. The van der Waals surface area contributed by atoms with E-state index in [0.717, 1.165) is 0 Å². The summed E-state index contributed by atoms with van der Waals surface area (Å²) in [5.74, 6) is -0.737. The van der Waals surface area contributed by atoms with Gasteiger partial charge in [0.1, 0.15) is 15.9 Å². The summed E-state index contributed by atoms with van der Waals surface area (Å²) in [5.41, 5.74) is 1.09. The van der Waals surface area contributed by atoms with Crippen LogP contribution >= 0.6 is 11.6 Å². The summed E-state index contributed by atoms with van der Waals surface area (Å²) in [6.07, 6.45) is 1.19. The first-order chi connectivity index (χ1) is 11.8. The number of nitrogens with zero attached hydrogens (tertiary/aromatic N) is 1. The number of benzene rings is 1. The molecule has 0 fully saturated rings. The number of pyridine rings is 1. The molecule has 25 heavy (non-hydrogen) atoms. The van der Waals surface area contributed by atoms with Gasteiger partial charge in [-0.2, -0.15) is 0 Å². The van der Waals surface area contributed by atoms with Gasteiger partial charge in [-0.15, -0.1) is 0 Å². The molecule has 2 aromatic rings. The van der Waals surface area contributed by atoms with Crippen LogP contribution in [-0.4, -0.2) is 32.4 Å². The summed E-state index contributed by atoms with van der Waals surface area (Å²) >= 11 is 5.77. The zero-order valence-corrected chi connectivity index (χ0v) is 15.0. The topological polar surface area (TPSA) is 88.2 Å². The SMILES string of the molecule is Cc1cc(S(=O)(=O)NCCNC(=O)Cc2cccc(F)c2)cnc1Cl. The van der Waals surface area contributed by atoms with Gasteiger partial charge in [0, 0.05) is 19.3 Å². The first-order valence-corrected chi connectivity index (χ1v) is 9.27. The van der Waals surface area contributed by atoms with Crippen molar-refractivity contribution in [3.63, 3.8) is 0 Å². The third-order valence-corrected chi connectivity index (χ3v) is 5.12. The van der Waals surface area contributed by atoms with E-state index in [1.54, 1.807) is 13.0 Å². The van der Waals surface area contributed by atoms with E-state index < -0.39 is 15.8 Å². The molecule has 0 aliphatic carbocycles. The molecule has 0 aliphatic rings. The van der Waals surface area contributed by atoms with Crippen LogP contribution in [0.2, 0.25) is 5.15 Å². The summed E-state index contributed by atoms with van der Waals surface area (Å²) in [6, 6.07) is 7.15. The van der Waals surface area contributed by atoms with Gasteiger partial charge in [-0.25, -0.2) is 22.5 Å². The van der Waals surface area contributed by atoms with E-state index in [9.17, 15) is 17.6 Å². The number of carbonyl (C=O) groups excluding carboxylic acids is 1. The van der Waals surface area contributed by atoms with Gasteiger partial charge in [-0.05, 0) is 36.2 Å². The highest BCUT2D eigenvalue weighted by molar-refractivity contribution is 7.89. The average molecular weight is 386 g/mol. The second kappa shape index (κ2) is 8.37. The maximum atomic E-state index is 13.0. The fraction of sp³-hybridized carbons (Fsp3) is 0.250. The highest BCUT2D eigenvalue weighted by atomic mass is 35.5. The van der Waals surface area contributed by atoms with Gasteiger partial charge in [0.25, 0.3) is 0 Å². The van der Waals surface area contributed by atoms with E-state index in [0.29, 0.717) is 11.1 Å². The van der Waals surface area contributed by atoms with Crippen LogP contribution in [0.5, 0.6) is 0 Å². The Morgan fingerprint density at radius 1 is 1.28 bits per heavy atom. The van der Waals surface area contributed by atoms with Crippen LogP contribution in [-0.2, 0) is 21.2 Å². The Morgan fingerprint density at radius 3 is 2.72 bits per heavy atom. The number of aromatic nitrogens is 1. The Kier molecular flexibility index (Phi) is 6.46.